The van der Waals surface area contributed by atoms with E-state index < -0.39 is 0 Å². The molecule has 128 valence electrons. The maximum absolute atomic E-state index is 11.8. The minimum atomic E-state index is -0.315. The van der Waals surface area contributed by atoms with Crippen molar-refractivity contribution in [3.05, 3.63) is 35.4 Å². The van der Waals surface area contributed by atoms with Crippen molar-refractivity contribution in [1.82, 2.24) is 10.9 Å². The van der Waals surface area contributed by atoms with Gasteiger partial charge in [0, 0.05) is 12.1 Å². The number of carbonyl (C=O) groups is 2. The highest BCUT2D eigenvalue weighted by atomic mass is 16.2. The van der Waals surface area contributed by atoms with Crippen molar-refractivity contribution in [3.63, 3.8) is 0 Å². The Morgan fingerprint density at radius 3 is 2.54 bits per heavy atom. The van der Waals surface area contributed by atoms with Crippen molar-refractivity contribution in [2.75, 3.05) is 0 Å². The fourth-order valence-corrected chi connectivity index (χ4v) is 2.41. The molecule has 24 heavy (non-hydrogen) atoms. The van der Waals surface area contributed by atoms with Crippen LogP contribution >= 0.6 is 0 Å². The molecule has 1 aliphatic rings. The van der Waals surface area contributed by atoms with Crippen LogP contribution in [0.2, 0.25) is 0 Å². The normalized spacial score (nSPS) is 17.8. The second-order valence-corrected chi connectivity index (χ2v) is 6.99. The van der Waals surface area contributed by atoms with Crippen molar-refractivity contribution < 1.29 is 9.59 Å². The lowest BCUT2D eigenvalue weighted by Gasteiger charge is -2.18. The molecule has 0 aliphatic carbocycles. The maximum atomic E-state index is 11.8. The number of nitrogens with one attached hydrogen (secondary N) is 2. The molecule has 0 aromatic heterocycles. The van der Waals surface area contributed by atoms with Crippen LogP contribution in [0.1, 0.15) is 51.7 Å². The van der Waals surface area contributed by atoms with Gasteiger partial charge < -0.3 is 0 Å². The summed E-state index contributed by atoms with van der Waals surface area (Å²) in [6.07, 6.45) is 2.27. The third kappa shape index (κ3) is 4.75. The third-order valence-corrected chi connectivity index (χ3v) is 4.00. The smallest absolute Gasteiger partial charge is 0.248 e. The van der Waals surface area contributed by atoms with E-state index in [1.165, 1.54) is 5.56 Å². The summed E-state index contributed by atoms with van der Waals surface area (Å²) in [6.45, 7) is 8.26. The van der Waals surface area contributed by atoms with Crippen LogP contribution in [0.3, 0.4) is 0 Å². The average molecular weight is 328 g/mol. The molecule has 2 rings (SSSR count). The first-order chi connectivity index (χ1) is 11.3. The van der Waals surface area contributed by atoms with Crippen LogP contribution in [0.4, 0.5) is 0 Å². The Labute approximate surface area is 142 Å². The van der Waals surface area contributed by atoms with Gasteiger partial charge in [0.25, 0.3) is 0 Å². The number of hydrogen-bond acceptors (Lipinski definition) is 4. The predicted octanol–water partition coefficient (Wildman–Crippen LogP) is 2.34. The number of carbonyl (C=O) groups excluding carboxylic acids is 2. The molecule has 1 atom stereocenters. The Kier molecular flexibility index (Phi) is 5.49. The van der Waals surface area contributed by atoms with Crippen molar-refractivity contribution in [3.8, 4) is 0 Å². The summed E-state index contributed by atoms with van der Waals surface area (Å²) in [7, 11) is 0. The van der Waals surface area contributed by atoms with Gasteiger partial charge in [-0.25, -0.2) is 10.9 Å². The molecule has 1 aromatic carbocycles. The van der Waals surface area contributed by atoms with Gasteiger partial charge >= 0.3 is 0 Å². The Balaban J connectivity index is 1.80. The highest BCUT2D eigenvalue weighted by Gasteiger charge is 2.26. The Hall–Kier alpha value is -2.50. The zero-order valence-corrected chi connectivity index (χ0v) is 14.6. The van der Waals surface area contributed by atoms with Crippen molar-refractivity contribution in [2.45, 2.75) is 46.0 Å². The molecule has 0 radical (unpaired) electrons. The minimum Gasteiger partial charge on any atom is -0.273 e. The number of amides is 2. The number of benzene rings is 1. The Morgan fingerprint density at radius 1 is 1.33 bits per heavy atom. The van der Waals surface area contributed by atoms with Crippen LogP contribution in [0.25, 0.3) is 0 Å². The third-order valence-electron chi connectivity index (χ3n) is 4.00. The maximum Gasteiger partial charge on any atom is 0.248 e. The second kappa shape index (κ2) is 7.38. The van der Waals surface area contributed by atoms with Gasteiger partial charge in [-0.15, -0.1) is 0 Å². The Bertz CT molecular complexity index is 669. The summed E-state index contributed by atoms with van der Waals surface area (Å²) < 4.78 is 0. The van der Waals surface area contributed by atoms with Crippen molar-refractivity contribution in [1.29, 1.82) is 0 Å². The van der Waals surface area contributed by atoms with E-state index in [4.69, 9.17) is 0 Å². The lowest BCUT2D eigenvalue weighted by Crippen LogP contribution is -2.25. The molecule has 1 aromatic rings. The minimum absolute atomic E-state index is 0.109. The molecule has 0 fully saturated rings. The number of hydrazone groups is 2. The first-order valence-electron chi connectivity index (χ1n) is 8.04. The molecule has 0 saturated carbocycles. The van der Waals surface area contributed by atoms with E-state index in [1.54, 1.807) is 13.1 Å². The number of hydrogen-bond donors (Lipinski definition) is 2. The van der Waals surface area contributed by atoms with Crippen LogP contribution in [-0.4, -0.2) is 23.7 Å². The van der Waals surface area contributed by atoms with Crippen LogP contribution in [0, 0.1) is 5.92 Å². The molecule has 0 unspecified atom stereocenters. The second-order valence-electron chi connectivity index (χ2n) is 6.99. The number of rotatable bonds is 5. The van der Waals surface area contributed by atoms with E-state index >= 15 is 0 Å². The topological polar surface area (TPSA) is 82.9 Å². The van der Waals surface area contributed by atoms with Gasteiger partial charge in [0.05, 0.1) is 12.1 Å². The molecular weight excluding hydrogens is 304 g/mol. The quantitative estimate of drug-likeness (QED) is 0.642. The van der Waals surface area contributed by atoms with E-state index in [9.17, 15) is 9.59 Å². The molecule has 0 saturated heterocycles. The van der Waals surface area contributed by atoms with E-state index in [0.29, 0.717) is 6.42 Å². The largest absolute Gasteiger partial charge is 0.273 e. The van der Waals surface area contributed by atoms with Crippen LogP contribution < -0.4 is 10.9 Å². The van der Waals surface area contributed by atoms with E-state index in [2.05, 4.69) is 54.0 Å². The molecule has 1 aliphatic heterocycles. The summed E-state index contributed by atoms with van der Waals surface area (Å²) >= 11 is 0. The van der Waals surface area contributed by atoms with E-state index in [1.807, 2.05) is 12.1 Å². The standard InChI is InChI=1S/C18H24N4O2/c1-12-15(17(24)22-20-12)9-10-16(23)21-19-11-13-5-7-14(8-6-13)18(2,3)4/h5-8,11,15H,9-10H2,1-4H3,(H,21,23)(H,22,24)/b19-11+/t15-/m0/s1. The predicted molar refractivity (Wildman–Crippen MR) is 94.9 cm³/mol. The lowest BCUT2D eigenvalue weighted by molar-refractivity contribution is -0.123. The zero-order valence-electron chi connectivity index (χ0n) is 14.6. The highest BCUT2D eigenvalue weighted by molar-refractivity contribution is 6.07. The van der Waals surface area contributed by atoms with Crippen LogP contribution in [-0.2, 0) is 15.0 Å². The molecule has 6 nitrogen and oxygen atoms in total. The molecule has 1 heterocycles. The van der Waals surface area contributed by atoms with Gasteiger partial charge in [-0.2, -0.15) is 10.2 Å². The van der Waals surface area contributed by atoms with Gasteiger partial charge in [0.1, 0.15) is 0 Å². The molecule has 2 amide bonds. The average Bonchev–Trinajstić information content (AvgIpc) is 2.83. The first kappa shape index (κ1) is 17.8. The SMILES string of the molecule is CC1=NNC(=O)[C@H]1CCC(=O)N/N=C/c1ccc(C(C)(C)C)cc1. The summed E-state index contributed by atoms with van der Waals surface area (Å²) in [6, 6.07) is 8.06. The Morgan fingerprint density at radius 2 is 2.00 bits per heavy atom. The highest BCUT2D eigenvalue weighted by Crippen LogP contribution is 2.21. The van der Waals surface area contributed by atoms with Gasteiger partial charge in [-0.05, 0) is 29.9 Å². The lowest BCUT2D eigenvalue weighted by atomic mass is 9.87. The fourth-order valence-electron chi connectivity index (χ4n) is 2.41. The number of nitrogens with zero attached hydrogens (tertiary/aromatic N) is 2. The van der Waals surface area contributed by atoms with Crippen LogP contribution in [0.15, 0.2) is 34.5 Å². The monoisotopic (exact) mass is 328 g/mol. The summed E-state index contributed by atoms with van der Waals surface area (Å²) in [5.41, 5.74) is 7.89. The van der Waals surface area contributed by atoms with Crippen LogP contribution in [0.5, 0.6) is 0 Å². The summed E-state index contributed by atoms with van der Waals surface area (Å²) in [5.74, 6) is -0.683. The van der Waals surface area contributed by atoms with Gasteiger partial charge in [0.2, 0.25) is 11.8 Å². The summed E-state index contributed by atoms with van der Waals surface area (Å²) in [4.78, 5) is 23.3. The molecule has 2 N–H and O–H groups in total. The molecule has 0 bridgehead atoms. The molecular formula is C18H24N4O2. The van der Waals surface area contributed by atoms with E-state index in [0.717, 1.165) is 11.3 Å². The molecule has 6 heteroatoms. The van der Waals surface area contributed by atoms with Gasteiger partial charge in [0.15, 0.2) is 0 Å². The summed E-state index contributed by atoms with van der Waals surface area (Å²) in [5, 5.41) is 7.82. The van der Waals surface area contributed by atoms with E-state index in [-0.39, 0.29) is 29.6 Å². The van der Waals surface area contributed by atoms with Gasteiger partial charge in [-0.1, -0.05) is 45.0 Å². The zero-order chi connectivity index (χ0) is 17.7. The van der Waals surface area contributed by atoms with Crippen molar-refractivity contribution in [2.24, 2.45) is 16.1 Å². The molecule has 0 spiro atoms. The van der Waals surface area contributed by atoms with Gasteiger partial charge in [-0.3, -0.25) is 9.59 Å². The fraction of sp³-hybridized carbons (Fsp3) is 0.444. The first-order valence-corrected chi connectivity index (χ1v) is 8.04. The van der Waals surface area contributed by atoms with Crippen molar-refractivity contribution >= 4 is 23.7 Å².